The van der Waals surface area contributed by atoms with E-state index in [1.807, 2.05) is 12.3 Å². The van der Waals surface area contributed by atoms with Crippen LogP contribution in [-0.2, 0) is 6.42 Å². The lowest BCUT2D eigenvalue weighted by Gasteiger charge is -2.03. The largest absolute Gasteiger partial charge is 0.343 e. The van der Waals surface area contributed by atoms with Crippen LogP contribution in [0.15, 0.2) is 48.2 Å². The first kappa shape index (κ1) is 18.8. The molecule has 0 unspecified atom stereocenters. The van der Waals surface area contributed by atoms with E-state index >= 15 is 0 Å². The normalized spacial score (nSPS) is 10.3. The van der Waals surface area contributed by atoms with Gasteiger partial charge in [0.25, 0.3) is 0 Å². The highest BCUT2D eigenvalue weighted by Gasteiger charge is 2.06. The Bertz CT molecular complexity index is 970. The van der Waals surface area contributed by atoms with Crippen LogP contribution in [0.4, 0.5) is 4.39 Å². The summed E-state index contributed by atoms with van der Waals surface area (Å²) >= 11 is 1.60. The molecule has 0 atom stereocenters. The number of hydrogen-bond acceptors (Lipinski definition) is 6. The van der Waals surface area contributed by atoms with Gasteiger partial charge in [-0.15, -0.1) is 16.4 Å². The predicted octanol–water partition coefficient (Wildman–Crippen LogP) is 4.47. The molecule has 0 spiro atoms. The summed E-state index contributed by atoms with van der Waals surface area (Å²) in [5.74, 6) is 0.0819. The molecule has 0 aliphatic heterocycles. The van der Waals surface area contributed by atoms with Crippen molar-refractivity contribution in [1.29, 1.82) is 0 Å². The van der Waals surface area contributed by atoms with Gasteiger partial charge in [0.05, 0.1) is 5.69 Å². The molecule has 0 saturated heterocycles. The van der Waals surface area contributed by atoms with Crippen molar-refractivity contribution in [3.63, 3.8) is 0 Å². The Kier molecular flexibility index (Phi) is 6.32. The molecule has 4 aromatic heterocycles. The number of imidazole rings is 1. The number of thiazole rings is 1. The molecule has 4 rings (SSSR count). The third kappa shape index (κ3) is 5.01. The molecule has 0 aliphatic carbocycles. The zero-order valence-electron chi connectivity index (χ0n) is 15.1. The Morgan fingerprint density at radius 2 is 2.00 bits per heavy atom. The smallest absolute Gasteiger partial charge is 0.213 e. The van der Waals surface area contributed by atoms with Gasteiger partial charge in [-0.1, -0.05) is 19.4 Å². The van der Waals surface area contributed by atoms with Gasteiger partial charge in [-0.25, -0.2) is 15.0 Å². The first-order chi connectivity index (χ1) is 13.2. The highest BCUT2D eigenvalue weighted by atomic mass is 32.1. The summed E-state index contributed by atoms with van der Waals surface area (Å²) in [5.41, 5.74) is 3.70. The minimum absolute atomic E-state index is 0.496. The lowest BCUT2D eigenvalue weighted by atomic mass is 10.1. The van der Waals surface area contributed by atoms with Crippen molar-refractivity contribution in [3.05, 3.63) is 65.4 Å². The average Bonchev–Trinajstić information content (AvgIpc) is 3.38. The van der Waals surface area contributed by atoms with Gasteiger partial charge in [0.15, 0.2) is 5.82 Å². The molecule has 0 fully saturated rings. The van der Waals surface area contributed by atoms with E-state index in [0.29, 0.717) is 11.5 Å². The molecule has 0 aromatic carbocycles. The Hall–Kier alpha value is -3.00. The van der Waals surface area contributed by atoms with Crippen molar-refractivity contribution >= 4 is 11.3 Å². The Labute approximate surface area is 160 Å². The fraction of sp³-hybridized carbons (Fsp3) is 0.211. The maximum Gasteiger partial charge on any atom is 0.213 e. The first-order valence-corrected chi connectivity index (χ1v) is 9.40. The van der Waals surface area contributed by atoms with Gasteiger partial charge < -0.3 is 4.98 Å². The van der Waals surface area contributed by atoms with Crippen molar-refractivity contribution in [2.75, 3.05) is 0 Å². The number of halogens is 1. The van der Waals surface area contributed by atoms with E-state index in [1.165, 1.54) is 11.6 Å². The molecule has 0 amide bonds. The fourth-order valence-electron chi connectivity index (χ4n) is 2.41. The molecular formula is C19H19FN6S. The van der Waals surface area contributed by atoms with Crippen LogP contribution >= 0.6 is 11.3 Å². The van der Waals surface area contributed by atoms with Crippen molar-refractivity contribution in [3.8, 4) is 22.2 Å². The molecule has 0 saturated carbocycles. The molecule has 4 heterocycles. The predicted molar refractivity (Wildman–Crippen MR) is 104 cm³/mol. The van der Waals surface area contributed by atoms with Crippen LogP contribution in [0.25, 0.3) is 22.2 Å². The molecule has 1 N–H and O–H groups in total. The summed E-state index contributed by atoms with van der Waals surface area (Å²) in [7, 11) is 0. The number of nitrogens with one attached hydrogen (secondary N) is 1. The summed E-state index contributed by atoms with van der Waals surface area (Å²) in [6, 6.07) is 6.69. The van der Waals surface area contributed by atoms with Crippen molar-refractivity contribution in [2.24, 2.45) is 0 Å². The number of aryl methyl sites for hydroxylation is 2. The third-order valence-electron chi connectivity index (χ3n) is 3.71. The van der Waals surface area contributed by atoms with Crippen LogP contribution in [0.3, 0.4) is 0 Å². The molecule has 4 aromatic rings. The number of nitrogens with zero attached hydrogens (tertiary/aromatic N) is 5. The summed E-state index contributed by atoms with van der Waals surface area (Å²) in [6.45, 7) is 4.17. The Morgan fingerprint density at radius 3 is 2.67 bits per heavy atom. The second kappa shape index (κ2) is 9.09. The monoisotopic (exact) mass is 382 g/mol. The van der Waals surface area contributed by atoms with Gasteiger partial charge in [-0.2, -0.15) is 9.49 Å². The molecule has 0 radical (unpaired) electrons. The summed E-state index contributed by atoms with van der Waals surface area (Å²) in [6.07, 6.45) is 7.24. The van der Waals surface area contributed by atoms with Crippen molar-refractivity contribution in [1.82, 2.24) is 30.1 Å². The number of aromatic amines is 1. The third-order valence-corrected chi connectivity index (χ3v) is 4.51. The van der Waals surface area contributed by atoms with E-state index in [4.69, 9.17) is 0 Å². The standard InChI is InChI=1S/C11H13N3S.C8H6FN3/c1-3-4-9-7-10(14-13-8(9)2)11-12-5-6-15-11;9-7-3-1-2-6(12-7)8-10-4-5-11-8/h5-7H,3-4H2,1-2H3;1-5H,(H,10,11). The lowest BCUT2D eigenvalue weighted by molar-refractivity contribution is 0.585. The minimum Gasteiger partial charge on any atom is -0.343 e. The first-order valence-electron chi connectivity index (χ1n) is 8.52. The van der Waals surface area contributed by atoms with Crippen LogP contribution in [-0.4, -0.2) is 30.1 Å². The van der Waals surface area contributed by atoms with Crippen LogP contribution in [0.1, 0.15) is 24.6 Å². The second-order valence-corrected chi connectivity index (χ2v) is 6.61. The Morgan fingerprint density at radius 1 is 1.11 bits per heavy atom. The molecule has 6 nitrogen and oxygen atoms in total. The fourth-order valence-corrected chi connectivity index (χ4v) is 3.01. The summed E-state index contributed by atoms with van der Waals surface area (Å²) < 4.78 is 12.6. The number of pyridine rings is 1. The van der Waals surface area contributed by atoms with Crippen LogP contribution in [0.5, 0.6) is 0 Å². The van der Waals surface area contributed by atoms with E-state index in [2.05, 4.69) is 43.1 Å². The van der Waals surface area contributed by atoms with E-state index in [-0.39, 0.29) is 0 Å². The molecule has 0 bridgehead atoms. The van der Waals surface area contributed by atoms with Gasteiger partial charge in [0, 0.05) is 24.0 Å². The van der Waals surface area contributed by atoms with Crippen LogP contribution in [0, 0.1) is 12.9 Å². The SMILES string of the molecule is CCCc1cc(-c2nccs2)nnc1C.Fc1cccc(-c2ncc[nH]2)n1. The topological polar surface area (TPSA) is 80.2 Å². The average molecular weight is 382 g/mol. The number of rotatable bonds is 4. The number of aromatic nitrogens is 6. The van der Waals surface area contributed by atoms with E-state index in [1.54, 1.807) is 42.1 Å². The zero-order chi connectivity index (χ0) is 19.1. The second-order valence-electron chi connectivity index (χ2n) is 5.71. The van der Waals surface area contributed by atoms with Crippen LogP contribution < -0.4 is 0 Å². The molecule has 8 heteroatoms. The highest BCUT2D eigenvalue weighted by Crippen LogP contribution is 2.21. The Balaban J connectivity index is 0.000000159. The quantitative estimate of drug-likeness (QED) is 0.527. The highest BCUT2D eigenvalue weighted by molar-refractivity contribution is 7.13. The van der Waals surface area contributed by atoms with Crippen molar-refractivity contribution < 1.29 is 4.39 Å². The molecule has 0 aliphatic rings. The van der Waals surface area contributed by atoms with Gasteiger partial charge >= 0.3 is 0 Å². The summed E-state index contributed by atoms with van der Waals surface area (Å²) in [4.78, 5) is 14.7. The molecular weight excluding hydrogens is 363 g/mol. The van der Waals surface area contributed by atoms with E-state index < -0.39 is 5.95 Å². The van der Waals surface area contributed by atoms with Gasteiger partial charge in [0.1, 0.15) is 16.4 Å². The minimum atomic E-state index is -0.496. The summed E-state index contributed by atoms with van der Waals surface area (Å²) in [5, 5.41) is 11.2. The van der Waals surface area contributed by atoms with E-state index in [0.717, 1.165) is 29.2 Å². The van der Waals surface area contributed by atoms with Gasteiger partial charge in [-0.05, 0) is 37.1 Å². The maximum atomic E-state index is 12.6. The molecule has 138 valence electrons. The maximum absolute atomic E-state index is 12.6. The number of H-pyrrole nitrogens is 1. The number of hydrogen-bond donors (Lipinski definition) is 1. The van der Waals surface area contributed by atoms with Crippen molar-refractivity contribution in [2.45, 2.75) is 26.7 Å². The van der Waals surface area contributed by atoms with Crippen LogP contribution in [0.2, 0.25) is 0 Å². The molecule has 27 heavy (non-hydrogen) atoms. The van der Waals surface area contributed by atoms with E-state index in [9.17, 15) is 4.39 Å². The van der Waals surface area contributed by atoms with Gasteiger partial charge in [0.2, 0.25) is 5.95 Å². The lowest BCUT2D eigenvalue weighted by Crippen LogP contribution is -1.97. The van der Waals surface area contributed by atoms with Gasteiger partial charge in [-0.3, -0.25) is 0 Å². The zero-order valence-corrected chi connectivity index (χ0v) is 15.9.